The molecule has 0 aliphatic heterocycles. The maximum absolute atomic E-state index is 12.2. The van der Waals surface area contributed by atoms with Crippen LogP contribution in [0.3, 0.4) is 0 Å². The number of halogens is 1. The topological polar surface area (TPSA) is 115 Å². The number of methoxy groups -OCH3 is 1. The Morgan fingerprint density at radius 3 is 2.44 bits per heavy atom. The maximum atomic E-state index is 12.2. The average Bonchev–Trinajstić information content (AvgIpc) is 2.81. The zero-order valence-corrected chi connectivity index (χ0v) is 21.6. The summed E-state index contributed by atoms with van der Waals surface area (Å²) in [6, 6.07) is 8.33. The predicted molar refractivity (Wildman–Crippen MR) is 130 cm³/mol. The van der Waals surface area contributed by atoms with Crippen LogP contribution in [0.25, 0.3) is 0 Å². The summed E-state index contributed by atoms with van der Waals surface area (Å²) in [4.78, 5) is 36.1. The smallest absolute Gasteiger partial charge is 0.323 e. The Hall–Kier alpha value is -2.23. The highest BCUT2D eigenvalue weighted by Crippen LogP contribution is 2.36. The van der Waals surface area contributed by atoms with Crippen LogP contribution >= 0.6 is 20.1 Å². The van der Waals surface area contributed by atoms with E-state index in [2.05, 4.69) is 10.4 Å². The molecule has 12 heteroatoms. The summed E-state index contributed by atoms with van der Waals surface area (Å²) in [5.74, 6) is -0.250. The Labute approximate surface area is 206 Å². The van der Waals surface area contributed by atoms with Gasteiger partial charge < -0.3 is 28.7 Å². The Morgan fingerprint density at radius 2 is 1.88 bits per heavy atom. The van der Waals surface area contributed by atoms with Gasteiger partial charge in [-0.15, -0.1) is 0 Å². The van der Waals surface area contributed by atoms with Crippen LogP contribution in [0.1, 0.15) is 27.2 Å². The summed E-state index contributed by atoms with van der Waals surface area (Å²) in [6.07, 6.45) is 2.43. The van der Waals surface area contributed by atoms with Gasteiger partial charge in [0, 0.05) is 32.9 Å². The van der Waals surface area contributed by atoms with Crippen LogP contribution in [0.5, 0.6) is 5.75 Å². The third-order valence-electron chi connectivity index (χ3n) is 4.19. The first-order valence-electron chi connectivity index (χ1n) is 10.6. The Bertz CT molecular complexity index is 785. The molecule has 1 aromatic rings. The van der Waals surface area contributed by atoms with Gasteiger partial charge in [-0.25, -0.2) is 5.09 Å². The van der Waals surface area contributed by atoms with Crippen molar-refractivity contribution >= 4 is 38.4 Å². The molecule has 0 bridgehead atoms. The molecule has 0 aliphatic carbocycles. The first-order chi connectivity index (χ1) is 16.2. The van der Waals surface area contributed by atoms with Crippen molar-refractivity contribution < 1.29 is 32.9 Å². The van der Waals surface area contributed by atoms with Crippen LogP contribution in [-0.4, -0.2) is 67.7 Å². The van der Waals surface area contributed by atoms with Gasteiger partial charge in [0.1, 0.15) is 17.3 Å². The van der Waals surface area contributed by atoms with Crippen molar-refractivity contribution in [3.63, 3.8) is 0 Å². The van der Waals surface area contributed by atoms with Crippen molar-refractivity contribution in [1.29, 1.82) is 0 Å². The van der Waals surface area contributed by atoms with Crippen molar-refractivity contribution in [1.82, 2.24) is 15.3 Å². The van der Waals surface area contributed by atoms with Crippen molar-refractivity contribution in [2.75, 3.05) is 20.8 Å². The van der Waals surface area contributed by atoms with Gasteiger partial charge in [-0.1, -0.05) is 29.8 Å². The van der Waals surface area contributed by atoms with E-state index in [1.807, 2.05) is 18.2 Å². The zero-order chi connectivity index (χ0) is 25.5. The highest BCUT2D eigenvalue weighted by molar-refractivity contribution is 7.45. The van der Waals surface area contributed by atoms with Gasteiger partial charge in [0.15, 0.2) is 0 Å². The number of nitrogens with zero attached hydrogens (tertiary/aromatic N) is 1. The predicted octanol–water partition coefficient (Wildman–Crippen LogP) is 2.93. The Kier molecular flexibility index (Phi) is 14.4. The number of benzene rings is 1. The number of rotatable bonds is 16. The van der Waals surface area contributed by atoms with Crippen LogP contribution < -0.4 is 14.9 Å². The van der Waals surface area contributed by atoms with Gasteiger partial charge >= 0.3 is 14.5 Å². The molecule has 0 heterocycles. The lowest BCUT2D eigenvalue weighted by atomic mass is 10.2. The Morgan fingerprint density at radius 1 is 1.21 bits per heavy atom. The molecule has 190 valence electrons. The minimum atomic E-state index is -1.76. The molecular weight excluding hydrogens is 485 g/mol. The quantitative estimate of drug-likeness (QED) is 0.0859. The minimum absolute atomic E-state index is 0.0586. The molecule has 0 spiro atoms. The van der Waals surface area contributed by atoms with Gasteiger partial charge in [0.25, 0.3) is 0 Å². The minimum Gasteiger partial charge on any atom is -0.462 e. The van der Waals surface area contributed by atoms with E-state index in [0.29, 0.717) is 12.2 Å². The van der Waals surface area contributed by atoms with Gasteiger partial charge in [-0.3, -0.25) is 14.4 Å². The van der Waals surface area contributed by atoms with E-state index in [1.54, 1.807) is 32.9 Å². The molecule has 1 aromatic carbocycles. The fourth-order valence-corrected chi connectivity index (χ4v) is 3.89. The number of amides is 2. The van der Waals surface area contributed by atoms with E-state index in [-0.39, 0.29) is 25.0 Å². The molecule has 0 saturated heterocycles. The second-order valence-electron chi connectivity index (χ2n) is 7.30. The van der Waals surface area contributed by atoms with Crippen molar-refractivity contribution in [2.24, 2.45) is 0 Å². The fraction of sp³-hybridized carbons (Fsp3) is 0.500. The van der Waals surface area contributed by atoms with Crippen molar-refractivity contribution in [3.05, 3.63) is 42.6 Å². The summed E-state index contributed by atoms with van der Waals surface area (Å²) < 4.78 is 22.5. The summed E-state index contributed by atoms with van der Waals surface area (Å²) >= 11 is 6.34. The second kappa shape index (κ2) is 16.4. The molecule has 0 saturated carbocycles. The lowest BCUT2D eigenvalue weighted by molar-refractivity contribution is -0.149. The van der Waals surface area contributed by atoms with Gasteiger partial charge in [0.05, 0.1) is 18.8 Å². The largest absolute Gasteiger partial charge is 0.462 e. The number of ether oxygens (including phenoxy) is 2. The number of carbonyl (C=O) groups is 3. The molecule has 1 rings (SSSR count). The van der Waals surface area contributed by atoms with E-state index >= 15 is 0 Å². The highest BCUT2D eigenvalue weighted by atomic mass is 35.5. The maximum Gasteiger partial charge on any atom is 0.323 e. The molecule has 0 fully saturated rings. The van der Waals surface area contributed by atoms with E-state index < -0.39 is 32.1 Å². The Balaban J connectivity index is 2.80. The highest BCUT2D eigenvalue weighted by Gasteiger charge is 2.26. The van der Waals surface area contributed by atoms with Crippen LogP contribution in [0.2, 0.25) is 0 Å². The first-order valence-corrected chi connectivity index (χ1v) is 12.2. The standard InChI is InChI=1S/C22H33ClN3O7P/c1-16(2)32-22(29)17(3)25-34(33-18-9-7-6-8-10-18)31-14-19(30-5)13-20(23)26(15-27)12-11-21(28)24-4/h6-12,15-17,19-20,25H,13-14H2,1-5H3,(H,24,28)/b12-11-. The summed E-state index contributed by atoms with van der Waals surface area (Å²) in [7, 11) is 1.20. The molecule has 10 nitrogen and oxygen atoms in total. The van der Waals surface area contributed by atoms with Crippen LogP contribution in [-0.2, 0) is 28.4 Å². The molecule has 4 unspecified atom stereocenters. The number of alkyl halides is 1. The second-order valence-corrected chi connectivity index (χ2v) is 9.02. The fourth-order valence-electron chi connectivity index (χ4n) is 2.37. The van der Waals surface area contributed by atoms with Crippen molar-refractivity contribution in [3.8, 4) is 5.75 Å². The van der Waals surface area contributed by atoms with E-state index in [1.165, 1.54) is 26.4 Å². The van der Waals surface area contributed by atoms with Gasteiger partial charge in [-0.05, 0) is 32.9 Å². The van der Waals surface area contributed by atoms with Crippen molar-refractivity contribution in [2.45, 2.75) is 50.9 Å². The molecule has 0 aromatic heterocycles. The van der Waals surface area contributed by atoms with Crippen LogP contribution in [0.4, 0.5) is 0 Å². The zero-order valence-electron chi connectivity index (χ0n) is 20.0. The number of hydrogen-bond acceptors (Lipinski definition) is 8. The normalized spacial score (nSPS) is 14.8. The van der Waals surface area contributed by atoms with E-state index in [4.69, 9.17) is 30.1 Å². The van der Waals surface area contributed by atoms with E-state index in [9.17, 15) is 14.4 Å². The van der Waals surface area contributed by atoms with Crippen LogP contribution in [0.15, 0.2) is 42.6 Å². The lowest BCUT2D eigenvalue weighted by Gasteiger charge is -2.26. The van der Waals surface area contributed by atoms with Crippen LogP contribution in [0, 0.1) is 0 Å². The monoisotopic (exact) mass is 517 g/mol. The SMILES string of the molecule is CNC(=O)/C=C\N(C=O)C(Cl)CC(COP(NC(C)C(=O)OC(C)C)Oc1ccccc1)OC. The molecule has 2 amide bonds. The number of para-hydroxylation sites is 1. The summed E-state index contributed by atoms with van der Waals surface area (Å²) in [5.41, 5.74) is -0.791. The molecule has 4 atom stereocenters. The number of carbonyl (C=O) groups excluding carboxylic acids is 3. The lowest BCUT2D eigenvalue weighted by Crippen LogP contribution is -2.36. The van der Waals surface area contributed by atoms with Gasteiger partial charge in [-0.2, -0.15) is 0 Å². The molecule has 2 N–H and O–H groups in total. The summed E-state index contributed by atoms with van der Waals surface area (Å²) in [5, 5.41) is 5.43. The number of likely N-dealkylation sites (N-methyl/N-ethyl adjacent to an activating group) is 1. The third kappa shape index (κ3) is 11.8. The third-order valence-corrected chi connectivity index (χ3v) is 5.96. The number of esters is 1. The first kappa shape index (κ1) is 29.8. The number of hydrogen-bond donors (Lipinski definition) is 2. The molecular formula is C22H33ClN3O7P. The average molecular weight is 518 g/mol. The molecule has 34 heavy (non-hydrogen) atoms. The summed E-state index contributed by atoms with van der Waals surface area (Å²) in [6.45, 7) is 5.25. The van der Waals surface area contributed by atoms with E-state index in [0.717, 1.165) is 4.90 Å². The molecule has 0 aliphatic rings. The number of nitrogens with one attached hydrogen (secondary N) is 2. The molecule has 0 radical (unpaired) electrons. The van der Waals surface area contributed by atoms with Gasteiger partial charge in [0.2, 0.25) is 12.3 Å².